The van der Waals surface area contributed by atoms with Crippen molar-refractivity contribution in [3.63, 3.8) is 0 Å². The zero-order valence-electron chi connectivity index (χ0n) is 14.4. The summed E-state index contributed by atoms with van der Waals surface area (Å²) in [7, 11) is 0. The normalized spacial score (nSPS) is 10.5. The number of pyridine rings is 1. The summed E-state index contributed by atoms with van der Waals surface area (Å²) in [5, 5.41) is 12.9. The van der Waals surface area contributed by atoms with Gasteiger partial charge in [0.25, 0.3) is 0 Å². The van der Waals surface area contributed by atoms with Gasteiger partial charge in [-0.2, -0.15) is 5.26 Å². The number of rotatable bonds is 5. The van der Waals surface area contributed by atoms with E-state index in [-0.39, 0.29) is 11.7 Å². The molecule has 0 saturated heterocycles. The summed E-state index contributed by atoms with van der Waals surface area (Å²) in [6.45, 7) is 7.96. The van der Waals surface area contributed by atoms with Crippen molar-refractivity contribution in [1.29, 1.82) is 5.26 Å². The van der Waals surface area contributed by atoms with Crippen LogP contribution in [0.1, 0.15) is 42.1 Å². The van der Waals surface area contributed by atoms with Crippen molar-refractivity contribution in [3.8, 4) is 6.07 Å². The van der Waals surface area contributed by atoms with Gasteiger partial charge in [-0.05, 0) is 43.0 Å². The Labute approximate surface area is 147 Å². The van der Waals surface area contributed by atoms with Crippen LogP contribution >= 0.6 is 11.8 Å². The second kappa shape index (κ2) is 7.98. The van der Waals surface area contributed by atoms with Crippen molar-refractivity contribution in [3.05, 3.63) is 52.7 Å². The van der Waals surface area contributed by atoms with Gasteiger partial charge in [0.1, 0.15) is 11.1 Å². The molecule has 1 amide bonds. The lowest BCUT2D eigenvalue weighted by atomic mass is 10.0. The Morgan fingerprint density at radius 3 is 2.71 bits per heavy atom. The summed E-state index contributed by atoms with van der Waals surface area (Å²) in [6, 6.07) is 11.9. The van der Waals surface area contributed by atoms with E-state index in [1.54, 1.807) is 0 Å². The van der Waals surface area contributed by atoms with Crippen molar-refractivity contribution in [2.24, 2.45) is 0 Å². The molecule has 2 rings (SSSR count). The summed E-state index contributed by atoms with van der Waals surface area (Å²) in [5.41, 5.74) is 4.23. The summed E-state index contributed by atoms with van der Waals surface area (Å²) in [4.78, 5) is 16.7. The van der Waals surface area contributed by atoms with E-state index in [1.165, 1.54) is 11.8 Å². The molecular weight excluding hydrogens is 318 g/mol. The number of para-hydroxylation sites is 1. The maximum Gasteiger partial charge on any atom is 0.234 e. The topological polar surface area (TPSA) is 65.8 Å². The summed E-state index contributed by atoms with van der Waals surface area (Å²) in [5.74, 6) is 0.454. The van der Waals surface area contributed by atoms with Crippen LogP contribution in [0.3, 0.4) is 0 Å². The van der Waals surface area contributed by atoms with Gasteiger partial charge < -0.3 is 5.32 Å². The Morgan fingerprint density at radius 1 is 1.33 bits per heavy atom. The molecule has 0 aliphatic heterocycles. The van der Waals surface area contributed by atoms with E-state index in [0.29, 0.717) is 16.5 Å². The minimum Gasteiger partial charge on any atom is -0.325 e. The number of nitriles is 1. The number of aromatic nitrogens is 1. The molecule has 24 heavy (non-hydrogen) atoms. The van der Waals surface area contributed by atoms with Gasteiger partial charge in [-0.1, -0.05) is 43.8 Å². The number of carbonyl (C=O) groups excluding carboxylic acids is 1. The van der Waals surface area contributed by atoms with E-state index in [4.69, 9.17) is 0 Å². The smallest absolute Gasteiger partial charge is 0.234 e. The highest BCUT2D eigenvalue weighted by atomic mass is 32.2. The molecule has 0 unspecified atom stereocenters. The van der Waals surface area contributed by atoms with E-state index in [1.807, 2.05) is 44.2 Å². The molecule has 1 aromatic heterocycles. The number of aryl methyl sites for hydroxylation is 2. The van der Waals surface area contributed by atoms with Crippen LogP contribution in [0.2, 0.25) is 0 Å². The van der Waals surface area contributed by atoms with Gasteiger partial charge in [-0.25, -0.2) is 4.98 Å². The first-order chi connectivity index (χ1) is 11.4. The van der Waals surface area contributed by atoms with Crippen LogP contribution in [0.15, 0.2) is 35.4 Å². The first-order valence-electron chi connectivity index (χ1n) is 7.82. The number of amides is 1. The average molecular weight is 339 g/mol. The molecule has 0 aliphatic rings. The fraction of sp³-hybridized carbons (Fsp3) is 0.316. The Balaban J connectivity index is 2.09. The predicted octanol–water partition coefficient (Wildman–Crippen LogP) is 4.42. The molecule has 1 aromatic carbocycles. The predicted molar refractivity (Wildman–Crippen MR) is 98.3 cm³/mol. The van der Waals surface area contributed by atoms with Gasteiger partial charge in [-0.15, -0.1) is 0 Å². The lowest BCUT2D eigenvalue weighted by molar-refractivity contribution is -0.113. The number of hydrogen-bond donors (Lipinski definition) is 1. The van der Waals surface area contributed by atoms with Crippen molar-refractivity contribution in [2.75, 3.05) is 11.1 Å². The van der Waals surface area contributed by atoms with Crippen molar-refractivity contribution >= 4 is 23.4 Å². The van der Waals surface area contributed by atoms with E-state index < -0.39 is 0 Å². The average Bonchev–Trinajstić information content (AvgIpc) is 2.52. The Kier molecular flexibility index (Phi) is 5.99. The number of anilines is 1. The molecule has 0 atom stereocenters. The lowest BCUT2D eigenvalue weighted by Crippen LogP contribution is -2.16. The zero-order valence-corrected chi connectivity index (χ0v) is 15.2. The molecule has 0 aliphatic carbocycles. The Bertz CT molecular complexity index is 794. The van der Waals surface area contributed by atoms with E-state index >= 15 is 0 Å². The van der Waals surface area contributed by atoms with E-state index in [2.05, 4.69) is 30.2 Å². The summed E-state index contributed by atoms with van der Waals surface area (Å²) in [6.07, 6.45) is 0. The molecule has 1 heterocycles. The first kappa shape index (κ1) is 18.0. The van der Waals surface area contributed by atoms with E-state index in [0.717, 1.165) is 22.5 Å². The molecular formula is C19H21N3OS. The van der Waals surface area contributed by atoms with Gasteiger partial charge in [0, 0.05) is 11.4 Å². The number of nitrogens with one attached hydrogen (secondary N) is 1. The van der Waals surface area contributed by atoms with E-state index in [9.17, 15) is 10.1 Å². The molecule has 2 aromatic rings. The molecule has 0 spiro atoms. The lowest BCUT2D eigenvalue weighted by Gasteiger charge is -2.13. The third-order valence-corrected chi connectivity index (χ3v) is 4.60. The Morgan fingerprint density at radius 2 is 2.04 bits per heavy atom. The SMILES string of the molecule is Cc1cc(C)c(C#N)c(SCC(=O)Nc2ccccc2C(C)C)n1. The van der Waals surface area contributed by atoms with Crippen LogP contribution in [-0.2, 0) is 4.79 Å². The molecule has 124 valence electrons. The molecule has 0 bridgehead atoms. The Hall–Kier alpha value is -2.32. The fourth-order valence-corrected chi connectivity index (χ4v) is 3.38. The van der Waals surface area contributed by atoms with Crippen LogP contribution < -0.4 is 5.32 Å². The first-order valence-corrected chi connectivity index (χ1v) is 8.80. The summed E-state index contributed by atoms with van der Waals surface area (Å²) >= 11 is 1.30. The third kappa shape index (κ3) is 4.36. The van der Waals surface area contributed by atoms with Crippen LogP contribution in [0.5, 0.6) is 0 Å². The highest BCUT2D eigenvalue weighted by Gasteiger charge is 2.13. The van der Waals surface area contributed by atoms with Crippen molar-refractivity contribution < 1.29 is 4.79 Å². The van der Waals surface area contributed by atoms with Gasteiger partial charge >= 0.3 is 0 Å². The van der Waals surface area contributed by atoms with Crippen LogP contribution in [0.25, 0.3) is 0 Å². The standard InChI is InChI=1S/C19H21N3OS/c1-12(2)15-7-5-6-8-17(15)22-18(23)11-24-19-16(10-20)13(3)9-14(4)21-19/h5-9,12H,11H2,1-4H3,(H,22,23). The highest BCUT2D eigenvalue weighted by Crippen LogP contribution is 2.26. The van der Waals surface area contributed by atoms with Crippen molar-refractivity contribution in [2.45, 2.75) is 38.6 Å². The molecule has 0 radical (unpaired) electrons. The second-order valence-electron chi connectivity index (χ2n) is 5.95. The molecule has 1 N–H and O–H groups in total. The van der Waals surface area contributed by atoms with Gasteiger partial charge in [0.15, 0.2) is 0 Å². The fourth-order valence-electron chi connectivity index (χ4n) is 2.48. The highest BCUT2D eigenvalue weighted by molar-refractivity contribution is 8.00. The number of hydrogen-bond acceptors (Lipinski definition) is 4. The minimum absolute atomic E-state index is 0.0991. The van der Waals surface area contributed by atoms with Crippen molar-refractivity contribution in [1.82, 2.24) is 4.98 Å². The second-order valence-corrected chi connectivity index (χ2v) is 6.92. The maximum absolute atomic E-state index is 12.3. The molecule has 0 saturated carbocycles. The van der Waals surface area contributed by atoms with Gasteiger partial charge in [0.2, 0.25) is 5.91 Å². The molecule has 0 fully saturated rings. The quantitative estimate of drug-likeness (QED) is 0.819. The van der Waals surface area contributed by atoms with Gasteiger partial charge in [-0.3, -0.25) is 4.79 Å². The number of carbonyl (C=O) groups is 1. The molecule has 4 nitrogen and oxygen atoms in total. The summed E-state index contributed by atoms with van der Waals surface area (Å²) < 4.78 is 0. The molecule has 5 heteroatoms. The number of thioether (sulfide) groups is 1. The third-order valence-electron chi connectivity index (χ3n) is 3.62. The monoisotopic (exact) mass is 339 g/mol. The van der Waals surface area contributed by atoms with Crippen LogP contribution in [-0.4, -0.2) is 16.6 Å². The largest absolute Gasteiger partial charge is 0.325 e. The van der Waals surface area contributed by atoms with Crippen LogP contribution in [0, 0.1) is 25.2 Å². The minimum atomic E-state index is -0.0991. The number of nitrogens with zero attached hydrogens (tertiary/aromatic N) is 2. The van der Waals surface area contributed by atoms with Crippen LogP contribution in [0.4, 0.5) is 5.69 Å². The zero-order chi connectivity index (χ0) is 17.7. The van der Waals surface area contributed by atoms with Gasteiger partial charge in [0.05, 0.1) is 11.3 Å². The number of benzene rings is 1. The maximum atomic E-state index is 12.3.